The summed E-state index contributed by atoms with van der Waals surface area (Å²) in [5, 5.41) is 11.5. The van der Waals surface area contributed by atoms with Crippen molar-refractivity contribution in [2.45, 2.75) is 25.7 Å². The molecule has 4 nitrogen and oxygen atoms in total. The van der Waals surface area contributed by atoms with Crippen LogP contribution in [-0.4, -0.2) is 23.3 Å². The smallest absolute Gasteiger partial charge is 0.149 e. The molecule has 0 radical (unpaired) electrons. The number of unbranched alkanes of at least 4 members (excludes halogenated alkanes) is 3. The largest absolute Gasteiger partial charge is 0.369 e. The maximum atomic E-state index is 5.47. The molecular weight excluding hydrogens is 248 g/mol. The number of rotatable bonds is 8. The van der Waals surface area contributed by atoms with Crippen LogP contribution in [0.2, 0.25) is 0 Å². The molecular formula is C16H22N4. The normalized spacial score (nSPS) is 10.4. The van der Waals surface area contributed by atoms with Gasteiger partial charge in [-0.3, -0.25) is 0 Å². The van der Waals surface area contributed by atoms with E-state index < -0.39 is 0 Å². The summed E-state index contributed by atoms with van der Waals surface area (Å²) < 4.78 is 0. The van der Waals surface area contributed by atoms with Crippen LogP contribution in [-0.2, 0) is 0 Å². The molecule has 3 N–H and O–H groups in total. The molecule has 1 heterocycles. The van der Waals surface area contributed by atoms with Crippen molar-refractivity contribution in [2.75, 3.05) is 18.4 Å². The van der Waals surface area contributed by atoms with Crippen LogP contribution in [0.5, 0.6) is 0 Å². The Balaban J connectivity index is 1.84. The van der Waals surface area contributed by atoms with E-state index in [0.717, 1.165) is 42.9 Å². The lowest BCUT2D eigenvalue weighted by Crippen LogP contribution is -2.05. The molecule has 106 valence electrons. The SMILES string of the molecule is NCCCCCCNc1cc(-c2ccccc2)cnn1. The van der Waals surface area contributed by atoms with Crippen LogP contribution in [0.4, 0.5) is 5.82 Å². The Morgan fingerprint density at radius 3 is 2.55 bits per heavy atom. The standard InChI is InChI=1S/C16H22N4/c17-10-6-1-2-7-11-18-16-12-15(13-19-20-16)14-8-4-3-5-9-14/h3-5,8-9,12-13H,1-2,6-7,10-11,17H2,(H,18,20). The van der Waals surface area contributed by atoms with E-state index in [1.165, 1.54) is 12.8 Å². The number of aromatic nitrogens is 2. The predicted octanol–water partition coefficient (Wildman–Crippen LogP) is 3.07. The fourth-order valence-electron chi connectivity index (χ4n) is 2.08. The second-order valence-corrected chi connectivity index (χ2v) is 4.83. The molecule has 4 heteroatoms. The van der Waals surface area contributed by atoms with Crippen molar-refractivity contribution in [1.82, 2.24) is 10.2 Å². The van der Waals surface area contributed by atoms with E-state index in [-0.39, 0.29) is 0 Å². The third-order valence-electron chi connectivity index (χ3n) is 3.20. The number of nitrogens with one attached hydrogen (secondary N) is 1. The first-order chi connectivity index (χ1) is 9.90. The van der Waals surface area contributed by atoms with Gasteiger partial charge in [-0.05, 0) is 31.0 Å². The summed E-state index contributed by atoms with van der Waals surface area (Å²) in [5.41, 5.74) is 7.72. The minimum atomic E-state index is 0.790. The highest BCUT2D eigenvalue weighted by atomic mass is 15.2. The van der Waals surface area contributed by atoms with Crippen LogP contribution in [0, 0.1) is 0 Å². The number of anilines is 1. The molecule has 0 unspecified atom stereocenters. The molecule has 0 saturated carbocycles. The Hall–Kier alpha value is -1.94. The van der Waals surface area contributed by atoms with Gasteiger partial charge in [0.25, 0.3) is 0 Å². The zero-order valence-electron chi connectivity index (χ0n) is 11.8. The fraction of sp³-hybridized carbons (Fsp3) is 0.375. The van der Waals surface area contributed by atoms with Crippen LogP contribution in [0.3, 0.4) is 0 Å². The summed E-state index contributed by atoms with van der Waals surface area (Å²) in [4.78, 5) is 0. The molecule has 1 aromatic heterocycles. The van der Waals surface area contributed by atoms with Gasteiger partial charge in [-0.1, -0.05) is 43.2 Å². The predicted molar refractivity (Wildman–Crippen MR) is 83.5 cm³/mol. The molecule has 0 saturated heterocycles. The van der Waals surface area contributed by atoms with Gasteiger partial charge in [-0.15, -0.1) is 5.10 Å². The quantitative estimate of drug-likeness (QED) is 0.724. The van der Waals surface area contributed by atoms with E-state index >= 15 is 0 Å². The summed E-state index contributed by atoms with van der Waals surface area (Å²) in [7, 11) is 0. The average Bonchev–Trinajstić information content (AvgIpc) is 2.52. The molecule has 0 atom stereocenters. The van der Waals surface area contributed by atoms with Gasteiger partial charge in [0, 0.05) is 12.1 Å². The van der Waals surface area contributed by atoms with E-state index in [1.54, 1.807) is 6.20 Å². The van der Waals surface area contributed by atoms with Gasteiger partial charge in [0.2, 0.25) is 0 Å². The van der Waals surface area contributed by atoms with E-state index in [1.807, 2.05) is 24.3 Å². The fourth-order valence-corrected chi connectivity index (χ4v) is 2.08. The van der Waals surface area contributed by atoms with Gasteiger partial charge >= 0.3 is 0 Å². The summed E-state index contributed by atoms with van der Waals surface area (Å²) in [5.74, 6) is 0.838. The zero-order chi connectivity index (χ0) is 14.0. The second kappa shape index (κ2) is 8.27. The zero-order valence-corrected chi connectivity index (χ0v) is 11.8. The van der Waals surface area contributed by atoms with E-state index in [2.05, 4.69) is 27.6 Å². The highest BCUT2D eigenvalue weighted by molar-refractivity contribution is 5.64. The molecule has 0 amide bonds. The highest BCUT2D eigenvalue weighted by Crippen LogP contribution is 2.19. The van der Waals surface area contributed by atoms with E-state index in [4.69, 9.17) is 5.73 Å². The van der Waals surface area contributed by atoms with Gasteiger partial charge in [0.15, 0.2) is 0 Å². The van der Waals surface area contributed by atoms with Gasteiger partial charge in [0.1, 0.15) is 5.82 Å². The van der Waals surface area contributed by atoms with Crippen molar-refractivity contribution in [3.05, 3.63) is 42.6 Å². The Labute approximate surface area is 120 Å². The number of hydrogen-bond donors (Lipinski definition) is 2. The first-order valence-electron chi connectivity index (χ1n) is 7.22. The molecule has 0 aliphatic carbocycles. The van der Waals surface area contributed by atoms with Crippen LogP contribution >= 0.6 is 0 Å². The average molecular weight is 270 g/mol. The molecule has 0 aliphatic rings. The van der Waals surface area contributed by atoms with Crippen molar-refractivity contribution in [2.24, 2.45) is 5.73 Å². The van der Waals surface area contributed by atoms with Crippen molar-refractivity contribution in [1.29, 1.82) is 0 Å². The number of hydrogen-bond acceptors (Lipinski definition) is 4. The topological polar surface area (TPSA) is 63.8 Å². The molecule has 0 fully saturated rings. The summed E-state index contributed by atoms with van der Waals surface area (Å²) in [6.45, 7) is 1.72. The number of benzene rings is 1. The molecule has 2 aromatic rings. The van der Waals surface area contributed by atoms with E-state index in [0.29, 0.717) is 0 Å². The van der Waals surface area contributed by atoms with Crippen molar-refractivity contribution in [3.8, 4) is 11.1 Å². The number of nitrogens with zero attached hydrogens (tertiary/aromatic N) is 2. The summed E-state index contributed by atoms with van der Waals surface area (Å²) in [6.07, 6.45) is 6.45. The van der Waals surface area contributed by atoms with Gasteiger partial charge in [0.05, 0.1) is 6.20 Å². The Morgan fingerprint density at radius 2 is 1.75 bits per heavy atom. The van der Waals surface area contributed by atoms with Gasteiger partial charge in [-0.25, -0.2) is 0 Å². The molecule has 0 aliphatic heterocycles. The van der Waals surface area contributed by atoms with Crippen LogP contribution in [0.15, 0.2) is 42.6 Å². The first kappa shape index (κ1) is 14.5. The highest BCUT2D eigenvalue weighted by Gasteiger charge is 2.00. The first-order valence-corrected chi connectivity index (χ1v) is 7.22. The lowest BCUT2D eigenvalue weighted by Gasteiger charge is -2.06. The van der Waals surface area contributed by atoms with Gasteiger partial charge in [-0.2, -0.15) is 5.10 Å². The number of nitrogens with two attached hydrogens (primary N) is 1. The monoisotopic (exact) mass is 270 g/mol. The molecule has 0 bridgehead atoms. The lowest BCUT2D eigenvalue weighted by molar-refractivity contribution is 0.660. The maximum Gasteiger partial charge on any atom is 0.149 e. The third-order valence-corrected chi connectivity index (χ3v) is 3.20. The minimum Gasteiger partial charge on any atom is -0.369 e. The van der Waals surface area contributed by atoms with Crippen LogP contribution < -0.4 is 11.1 Å². The van der Waals surface area contributed by atoms with Crippen LogP contribution in [0.25, 0.3) is 11.1 Å². The summed E-state index contributed by atoms with van der Waals surface area (Å²) >= 11 is 0. The Bertz CT molecular complexity index is 499. The molecule has 2 rings (SSSR count). The van der Waals surface area contributed by atoms with Gasteiger partial charge < -0.3 is 11.1 Å². The lowest BCUT2D eigenvalue weighted by atomic mass is 10.1. The van der Waals surface area contributed by atoms with Crippen LogP contribution in [0.1, 0.15) is 25.7 Å². The van der Waals surface area contributed by atoms with Crippen molar-refractivity contribution in [3.63, 3.8) is 0 Å². The van der Waals surface area contributed by atoms with Crippen molar-refractivity contribution >= 4 is 5.82 Å². The molecule has 0 spiro atoms. The molecule has 1 aromatic carbocycles. The minimum absolute atomic E-state index is 0.790. The second-order valence-electron chi connectivity index (χ2n) is 4.83. The summed E-state index contributed by atoms with van der Waals surface area (Å²) in [6, 6.07) is 12.3. The Kier molecular flexibility index (Phi) is 5.99. The van der Waals surface area contributed by atoms with E-state index in [9.17, 15) is 0 Å². The Morgan fingerprint density at radius 1 is 0.950 bits per heavy atom. The third kappa shape index (κ3) is 4.63. The maximum absolute atomic E-state index is 5.47. The molecule has 20 heavy (non-hydrogen) atoms. The van der Waals surface area contributed by atoms with Crippen molar-refractivity contribution < 1.29 is 0 Å².